The minimum atomic E-state index is -0.870. The van der Waals surface area contributed by atoms with Gasteiger partial charge in [-0.1, -0.05) is 37.1 Å². The lowest BCUT2D eigenvalue weighted by molar-refractivity contribution is -0.139. The number of carbonyl (C=O) groups excluding carboxylic acids is 2. The second-order valence-corrected chi connectivity index (χ2v) is 8.16. The second-order valence-electron chi connectivity index (χ2n) is 7.76. The van der Waals surface area contributed by atoms with Crippen molar-refractivity contribution in [1.29, 1.82) is 0 Å². The molecule has 8 heteroatoms. The maximum atomic E-state index is 13.2. The molecule has 1 aliphatic rings. The van der Waals surface area contributed by atoms with Crippen molar-refractivity contribution in [3.8, 4) is 17.2 Å². The number of likely N-dealkylation sites (tertiary alicyclic amines) is 1. The molecule has 1 amide bonds. The van der Waals surface area contributed by atoms with Crippen LogP contribution in [0.4, 0.5) is 0 Å². The number of ether oxygens (including phenoxy) is 3. The molecule has 7 nitrogen and oxygen atoms in total. The molecule has 176 valence electrons. The number of unbranched alkanes of at least 4 members (excludes halogenated alkanes) is 1. The van der Waals surface area contributed by atoms with Crippen molar-refractivity contribution in [2.45, 2.75) is 32.7 Å². The van der Waals surface area contributed by atoms with E-state index < -0.39 is 17.7 Å². The first-order valence-corrected chi connectivity index (χ1v) is 11.0. The zero-order chi connectivity index (χ0) is 24.3. The molecule has 0 bridgehead atoms. The highest BCUT2D eigenvalue weighted by atomic mass is 35.5. The van der Waals surface area contributed by atoms with Gasteiger partial charge < -0.3 is 24.2 Å². The quantitative estimate of drug-likeness (QED) is 0.333. The van der Waals surface area contributed by atoms with Crippen LogP contribution in [0, 0.1) is 6.92 Å². The van der Waals surface area contributed by atoms with E-state index in [1.54, 1.807) is 30.3 Å². The van der Waals surface area contributed by atoms with Crippen LogP contribution in [0.25, 0.3) is 5.76 Å². The molecule has 2 aromatic carbocycles. The highest BCUT2D eigenvalue weighted by Gasteiger charge is 2.47. The molecule has 0 aromatic heterocycles. The number of nitrogens with zero attached hydrogens (tertiary/aromatic N) is 1. The minimum absolute atomic E-state index is 0.0531. The standard InChI is InChI=1S/C25H28ClNO6/c1-6-7-11-27-20(15-9-8-10-18(31-3)24(15)33-5)19(22(29)25(27)30)21(28)16-12-14(2)13-17(26)23(16)32-4/h8-10,12-13,20,28H,6-7,11H2,1-5H3/b21-19+. The van der Waals surface area contributed by atoms with Gasteiger partial charge in [-0.2, -0.15) is 0 Å². The SMILES string of the molecule is CCCCN1C(=O)C(=O)/C(=C(/O)c2cc(C)cc(Cl)c2OC)C1c1cccc(OC)c1OC. The van der Waals surface area contributed by atoms with E-state index in [1.807, 2.05) is 13.8 Å². The van der Waals surface area contributed by atoms with E-state index in [2.05, 4.69) is 0 Å². The summed E-state index contributed by atoms with van der Waals surface area (Å²) >= 11 is 6.33. The maximum Gasteiger partial charge on any atom is 0.295 e. The summed E-state index contributed by atoms with van der Waals surface area (Å²) in [6.45, 7) is 4.15. The molecule has 3 rings (SSSR count). The number of amides is 1. The maximum absolute atomic E-state index is 13.2. The topological polar surface area (TPSA) is 85.3 Å². The highest BCUT2D eigenvalue weighted by Crippen LogP contribution is 2.47. The Balaban J connectivity index is 2.34. The number of methoxy groups -OCH3 is 3. The van der Waals surface area contributed by atoms with E-state index in [0.29, 0.717) is 30.0 Å². The van der Waals surface area contributed by atoms with Gasteiger partial charge in [0.2, 0.25) is 0 Å². The number of rotatable bonds is 8. The number of hydrogen-bond donors (Lipinski definition) is 1. The summed E-state index contributed by atoms with van der Waals surface area (Å²) in [6.07, 6.45) is 1.52. The third-order valence-corrected chi connectivity index (χ3v) is 5.95. The van der Waals surface area contributed by atoms with E-state index in [9.17, 15) is 14.7 Å². The number of aliphatic hydroxyl groups excluding tert-OH is 1. The Labute approximate surface area is 198 Å². The van der Waals surface area contributed by atoms with Gasteiger partial charge >= 0.3 is 0 Å². The Kier molecular flexibility index (Phi) is 7.53. The first-order chi connectivity index (χ1) is 15.8. The van der Waals surface area contributed by atoms with Crippen molar-refractivity contribution in [3.05, 3.63) is 57.6 Å². The van der Waals surface area contributed by atoms with Gasteiger partial charge in [-0.25, -0.2) is 0 Å². The Morgan fingerprint density at radius 3 is 2.39 bits per heavy atom. The monoisotopic (exact) mass is 473 g/mol. The number of halogens is 1. The van der Waals surface area contributed by atoms with Crippen LogP contribution in [0.15, 0.2) is 35.9 Å². The van der Waals surface area contributed by atoms with Crippen LogP contribution < -0.4 is 14.2 Å². The molecule has 1 N–H and O–H groups in total. The highest BCUT2D eigenvalue weighted by molar-refractivity contribution is 6.46. The molecule has 0 aliphatic carbocycles. The summed E-state index contributed by atoms with van der Waals surface area (Å²) < 4.78 is 16.4. The molecule has 0 saturated carbocycles. The van der Waals surface area contributed by atoms with Gasteiger partial charge in [0.05, 0.1) is 43.5 Å². The van der Waals surface area contributed by atoms with Crippen molar-refractivity contribution in [2.24, 2.45) is 0 Å². The summed E-state index contributed by atoms with van der Waals surface area (Å²) in [5, 5.41) is 11.7. The fraction of sp³-hybridized carbons (Fsp3) is 0.360. The van der Waals surface area contributed by atoms with Crippen molar-refractivity contribution in [2.75, 3.05) is 27.9 Å². The number of ketones is 1. The van der Waals surface area contributed by atoms with Crippen molar-refractivity contribution < 1.29 is 28.9 Å². The van der Waals surface area contributed by atoms with Crippen LogP contribution in [-0.4, -0.2) is 49.6 Å². The number of hydrogen-bond acceptors (Lipinski definition) is 6. The predicted octanol–water partition coefficient (Wildman–Crippen LogP) is 4.90. The smallest absolute Gasteiger partial charge is 0.295 e. The van der Waals surface area contributed by atoms with Crippen LogP contribution in [-0.2, 0) is 9.59 Å². The molecule has 2 aromatic rings. The van der Waals surface area contributed by atoms with Crippen molar-refractivity contribution in [3.63, 3.8) is 0 Å². The molecular formula is C25H28ClNO6. The summed E-state index contributed by atoms with van der Waals surface area (Å²) in [7, 11) is 4.42. The van der Waals surface area contributed by atoms with Gasteiger partial charge in [0.25, 0.3) is 11.7 Å². The van der Waals surface area contributed by atoms with Crippen LogP contribution in [0.5, 0.6) is 17.2 Å². The Hall–Kier alpha value is -3.19. The van der Waals surface area contributed by atoms with Crippen molar-refractivity contribution >= 4 is 29.1 Å². The van der Waals surface area contributed by atoms with Crippen LogP contribution in [0.3, 0.4) is 0 Å². The van der Waals surface area contributed by atoms with Gasteiger partial charge in [0, 0.05) is 12.1 Å². The summed E-state index contributed by atoms with van der Waals surface area (Å²) in [4.78, 5) is 27.8. The number of Topliss-reactive ketones (excluding diaryl/α,β-unsaturated/α-hetero) is 1. The average molecular weight is 474 g/mol. The van der Waals surface area contributed by atoms with E-state index in [1.165, 1.54) is 26.2 Å². The summed E-state index contributed by atoms with van der Waals surface area (Å²) in [6, 6.07) is 7.72. The lowest BCUT2D eigenvalue weighted by Gasteiger charge is -2.27. The van der Waals surface area contributed by atoms with Gasteiger partial charge in [-0.3, -0.25) is 9.59 Å². The van der Waals surface area contributed by atoms with E-state index in [0.717, 1.165) is 12.0 Å². The third kappa shape index (κ3) is 4.37. The Morgan fingerprint density at radius 1 is 1.09 bits per heavy atom. The normalized spacial score (nSPS) is 17.4. The number of benzene rings is 2. The largest absolute Gasteiger partial charge is 0.507 e. The molecular weight excluding hydrogens is 446 g/mol. The second kappa shape index (κ2) is 10.2. The molecule has 1 aliphatic heterocycles. The zero-order valence-electron chi connectivity index (χ0n) is 19.4. The Morgan fingerprint density at radius 2 is 1.79 bits per heavy atom. The number of aliphatic hydroxyl groups is 1. The van der Waals surface area contributed by atoms with Gasteiger partial charge in [0.15, 0.2) is 11.5 Å². The summed E-state index contributed by atoms with van der Waals surface area (Å²) in [5.41, 5.74) is 1.48. The average Bonchev–Trinajstić information content (AvgIpc) is 3.05. The molecule has 1 saturated heterocycles. The van der Waals surface area contributed by atoms with Gasteiger partial charge in [-0.15, -0.1) is 0 Å². The molecule has 0 radical (unpaired) electrons. The first kappa shape index (κ1) is 24.5. The third-order valence-electron chi connectivity index (χ3n) is 5.67. The fourth-order valence-electron chi connectivity index (χ4n) is 4.15. The molecule has 1 unspecified atom stereocenters. The number of carbonyl (C=O) groups is 2. The van der Waals surface area contributed by atoms with E-state index >= 15 is 0 Å². The molecule has 1 fully saturated rings. The van der Waals surface area contributed by atoms with Crippen LogP contribution in [0.2, 0.25) is 5.02 Å². The fourth-order valence-corrected chi connectivity index (χ4v) is 4.50. The predicted molar refractivity (Wildman–Crippen MR) is 126 cm³/mol. The summed E-state index contributed by atoms with van der Waals surface area (Å²) in [5.74, 6) is -0.767. The van der Waals surface area contributed by atoms with E-state index in [-0.39, 0.29) is 27.7 Å². The van der Waals surface area contributed by atoms with E-state index in [4.69, 9.17) is 25.8 Å². The number of para-hydroxylation sites is 1. The van der Waals surface area contributed by atoms with Gasteiger partial charge in [0.1, 0.15) is 11.5 Å². The van der Waals surface area contributed by atoms with Crippen LogP contribution >= 0.6 is 11.6 Å². The number of aryl methyl sites for hydroxylation is 1. The first-order valence-electron chi connectivity index (χ1n) is 10.6. The Bertz CT molecular complexity index is 1110. The minimum Gasteiger partial charge on any atom is -0.507 e. The lowest BCUT2D eigenvalue weighted by atomic mass is 9.93. The molecule has 0 spiro atoms. The van der Waals surface area contributed by atoms with Gasteiger partial charge in [-0.05, 0) is 37.1 Å². The van der Waals surface area contributed by atoms with Crippen LogP contribution in [0.1, 0.15) is 42.5 Å². The zero-order valence-corrected chi connectivity index (χ0v) is 20.2. The lowest BCUT2D eigenvalue weighted by Crippen LogP contribution is -2.30. The van der Waals surface area contributed by atoms with Crippen molar-refractivity contribution in [1.82, 2.24) is 4.90 Å². The molecule has 1 heterocycles. The molecule has 33 heavy (non-hydrogen) atoms. The molecule has 1 atom stereocenters.